The minimum absolute atomic E-state index is 0.0192. The van der Waals surface area contributed by atoms with Crippen molar-refractivity contribution in [2.24, 2.45) is 22.9 Å². The van der Waals surface area contributed by atoms with E-state index >= 15 is 0 Å². The Balaban J connectivity index is 1.76. The van der Waals surface area contributed by atoms with E-state index in [0.29, 0.717) is 18.3 Å². The molecule has 22 heavy (non-hydrogen) atoms. The predicted molar refractivity (Wildman–Crippen MR) is 85.4 cm³/mol. The summed E-state index contributed by atoms with van der Waals surface area (Å²) in [6, 6.07) is 9.54. The van der Waals surface area contributed by atoms with Crippen LogP contribution in [0.1, 0.15) is 43.7 Å². The number of alkyl halides is 1. The largest absolute Gasteiger partial charge is 0.389 e. The average Bonchev–Trinajstić information content (AvgIpc) is 2.44. The van der Waals surface area contributed by atoms with E-state index in [0.717, 1.165) is 31.2 Å². The SMILES string of the molecule is [N-]=[N+]=N[C@@H](c1ccccc1)[C@@H]1C2C[C@@H]3C[C@@](Cl)(C2)C[C@]1(O)C3. The summed E-state index contributed by atoms with van der Waals surface area (Å²) in [5, 5.41) is 15.4. The van der Waals surface area contributed by atoms with Crippen LogP contribution in [0.25, 0.3) is 10.4 Å². The van der Waals surface area contributed by atoms with Crippen molar-refractivity contribution >= 4 is 11.6 Å². The summed E-state index contributed by atoms with van der Waals surface area (Å²) in [5.74, 6) is 0.849. The summed E-state index contributed by atoms with van der Waals surface area (Å²) in [5.41, 5.74) is 9.24. The fourth-order valence-corrected chi connectivity index (χ4v) is 6.30. The number of rotatable bonds is 3. The first kappa shape index (κ1) is 14.4. The van der Waals surface area contributed by atoms with Gasteiger partial charge < -0.3 is 5.11 Å². The van der Waals surface area contributed by atoms with Crippen molar-refractivity contribution < 1.29 is 5.11 Å². The lowest BCUT2D eigenvalue weighted by Crippen LogP contribution is -2.63. The molecule has 1 N–H and O–H groups in total. The third kappa shape index (κ3) is 2.13. The molecular weight excluding hydrogens is 298 g/mol. The third-order valence-corrected chi connectivity index (χ3v) is 6.41. The van der Waals surface area contributed by atoms with E-state index in [9.17, 15) is 5.11 Å². The molecule has 116 valence electrons. The first-order valence-electron chi connectivity index (χ1n) is 8.03. The molecule has 4 fully saturated rings. The lowest BCUT2D eigenvalue weighted by atomic mass is 9.47. The Bertz CT molecular complexity index is 632. The van der Waals surface area contributed by atoms with E-state index in [2.05, 4.69) is 10.0 Å². The first-order chi connectivity index (χ1) is 10.5. The quantitative estimate of drug-likeness (QED) is 0.377. The van der Waals surface area contributed by atoms with Crippen LogP contribution >= 0.6 is 11.6 Å². The first-order valence-corrected chi connectivity index (χ1v) is 8.41. The zero-order valence-corrected chi connectivity index (χ0v) is 13.2. The van der Waals surface area contributed by atoms with Gasteiger partial charge in [0.05, 0.1) is 11.6 Å². The molecule has 0 heterocycles. The van der Waals surface area contributed by atoms with Crippen LogP contribution in [0.4, 0.5) is 0 Å². The third-order valence-electron chi connectivity index (χ3n) is 5.97. The maximum Gasteiger partial charge on any atom is 0.0705 e. The van der Waals surface area contributed by atoms with E-state index in [1.807, 2.05) is 30.3 Å². The molecule has 4 nitrogen and oxygen atoms in total. The summed E-state index contributed by atoms with van der Waals surface area (Å²) in [4.78, 5) is 2.83. The van der Waals surface area contributed by atoms with Crippen molar-refractivity contribution in [1.82, 2.24) is 0 Å². The van der Waals surface area contributed by atoms with Crippen LogP contribution in [-0.2, 0) is 0 Å². The second-order valence-corrected chi connectivity index (χ2v) is 8.29. The molecule has 4 aliphatic rings. The molecule has 0 aliphatic heterocycles. The van der Waals surface area contributed by atoms with E-state index in [1.165, 1.54) is 0 Å². The number of benzene rings is 1. The Hall–Kier alpha value is -1.22. The van der Waals surface area contributed by atoms with Crippen LogP contribution < -0.4 is 0 Å². The Morgan fingerprint density at radius 3 is 2.68 bits per heavy atom. The molecule has 0 aromatic heterocycles. The van der Waals surface area contributed by atoms with Gasteiger partial charge in [-0.2, -0.15) is 0 Å². The maximum absolute atomic E-state index is 11.3. The molecule has 4 saturated carbocycles. The Labute approximate surface area is 135 Å². The van der Waals surface area contributed by atoms with Gasteiger partial charge in [-0.3, -0.25) is 0 Å². The average molecular weight is 318 g/mol. The number of nitrogens with zero attached hydrogens (tertiary/aromatic N) is 3. The monoisotopic (exact) mass is 317 g/mol. The standard InChI is InChI=1S/C17H20ClN3O/c18-16-7-11-6-13(9-16)14(17(22,8-11)10-16)15(20-21-19)12-4-2-1-3-5-12/h1-5,11,13-15,22H,6-10H2/t11-,13?,14+,15+,16-,17-/m1/s1. The predicted octanol–water partition coefficient (Wildman–Crippen LogP) is 4.59. The van der Waals surface area contributed by atoms with Crippen molar-refractivity contribution in [3.05, 3.63) is 46.3 Å². The second-order valence-electron chi connectivity index (χ2n) is 7.49. The van der Waals surface area contributed by atoms with Gasteiger partial charge in [0.25, 0.3) is 0 Å². The Kier molecular flexibility index (Phi) is 3.19. The molecule has 1 aromatic rings. The summed E-state index contributed by atoms with van der Waals surface area (Å²) < 4.78 is 0. The zero-order valence-electron chi connectivity index (χ0n) is 12.4. The van der Waals surface area contributed by atoms with Crippen LogP contribution in [0.5, 0.6) is 0 Å². The minimum Gasteiger partial charge on any atom is -0.389 e. The second kappa shape index (κ2) is 4.89. The van der Waals surface area contributed by atoms with Crippen molar-refractivity contribution in [2.75, 3.05) is 0 Å². The zero-order chi connectivity index (χ0) is 15.4. The molecule has 1 unspecified atom stereocenters. The number of aliphatic hydroxyl groups is 1. The molecule has 5 rings (SSSR count). The molecule has 6 atom stereocenters. The molecule has 0 saturated heterocycles. The number of hydrogen-bond donors (Lipinski definition) is 1. The highest BCUT2D eigenvalue weighted by molar-refractivity contribution is 6.24. The van der Waals surface area contributed by atoms with Crippen LogP contribution in [0.15, 0.2) is 35.4 Å². The molecule has 4 aliphatic carbocycles. The molecular formula is C17H20ClN3O. The Morgan fingerprint density at radius 1 is 1.27 bits per heavy atom. The van der Waals surface area contributed by atoms with Crippen molar-refractivity contribution in [2.45, 2.75) is 48.6 Å². The highest BCUT2D eigenvalue weighted by atomic mass is 35.5. The van der Waals surface area contributed by atoms with Crippen molar-refractivity contribution in [3.63, 3.8) is 0 Å². The van der Waals surface area contributed by atoms with Crippen molar-refractivity contribution in [1.29, 1.82) is 0 Å². The summed E-state index contributed by atoms with van der Waals surface area (Å²) in [6.07, 6.45) is 4.49. The van der Waals surface area contributed by atoms with E-state index in [1.54, 1.807) is 0 Å². The van der Waals surface area contributed by atoms with E-state index in [4.69, 9.17) is 17.1 Å². The lowest BCUT2D eigenvalue weighted by Gasteiger charge is -2.63. The molecule has 5 heteroatoms. The van der Waals surface area contributed by atoms with Crippen LogP contribution in [0.3, 0.4) is 0 Å². The van der Waals surface area contributed by atoms with Gasteiger partial charge in [-0.05, 0) is 55.0 Å². The molecule has 0 amide bonds. The van der Waals surface area contributed by atoms with Crippen LogP contribution in [-0.4, -0.2) is 15.6 Å². The van der Waals surface area contributed by atoms with Gasteiger partial charge >= 0.3 is 0 Å². The number of hydrogen-bond acceptors (Lipinski definition) is 2. The lowest BCUT2D eigenvalue weighted by molar-refractivity contribution is -0.170. The van der Waals surface area contributed by atoms with Crippen molar-refractivity contribution in [3.8, 4) is 0 Å². The topological polar surface area (TPSA) is 69.0 Å². The highest BCUT2D eigenvalue weighted by Gasteiger charge is 2.63. The normalized spacial score (nSPS) is 43.6. The highest BCUT2D eigenvalue weighted by Crippen LogP contribution is 2.65. The smallest absolute Gasteiger partial charge is 0.0705 e. The van der Waals surface area contributed by atoms with Gasteiger partial charge in [-0.25, -0.2) is 0 Å². The van der Waals surface area contributed by atoms with Gasteiger partial charge in [0.1, 0.15) is 0 Å². The Morgan fingerprint density at radius 2 is 2.05 bits per heavy atom. The van der Waals surface area contributed by atoms with Gasteiger partial charge in [0.15, 0.2) is 0 Å². The van der Waals surface area contributed by atoms with Gasteiger partial charge in [-0.15, -0.1) is 11.6 Å². The van der Waals surface area contributed by atoms with E-state index in [-0.39, 0.29) is 16.8 Å². The minimum atomic E-state index is -0.791. The number of azide groups is 1. The fraction of sp³-hybridized carbons (Fsp3) is 0.647. The molecule has 0 radical (unpaired) electrons. The summed E-state index contributed by atoms with van der Waals surface area (Å²) in [6.45, 7) is 0. The van der Waals surface area contributed by atoms with Gasteiger partial charge in [-0.1, -0.05) is 35.4 Å². The van der Waals surface area contributed by atoms with Crippen LogP contribution in [0.2, 0.25) is 0 Å². The molecule has 1 aromatic carbocycles. The van der Waals surface area contributed by atoms with Gasteiger partial charge in [0, 0.05) is 15.7 Å². The molecule has 0 spiro atoms. The number of halogens is 1. The van der Waals surface area contributed by atoms with Gasteiger partial charge in [0.2, 0.25) is 0 Å². The maximum atomic E-state index is 11.3. The van der Waals surface area contributed by atoms with E-state index < -0.39 is 5.60 Å². The van der Waals surface area contributed by atoms with Crippen LogP contribution in [0, 0.1) is 17.8 Å². The summed E-state index contributed by atoms with van der Waals surface area (Å²) >= 11 is 6.75. The molecule has 4 bridgehead atoms. The fourth-order valence-electron chi connectivity index (χ4n) is 5.66. The summed E-state index contributed by atoms with van der Waals surface area (Å²) in [7, 11) is 0.